The molecule has 0 unspecified atom stereocenters. The number of nitrogens with zero attached hydrogens (tertiary/aromatic N) is 3. The number of fused-ring (bicyclic) bond motifs is 1. The lowest BCUT2D eigenvalue weighted by molar-refractivity contribution is -0.0737. The molecule has 0 saturated carbocycles. The van der Waals surface area contributed by atoms with Gasteiger partial charge < -0.3 is 10.0 Å². The summed E-state index contributed by atoms with van der Waals surface area (Å²) in [6.07, 6.45) is 6.29. The largest absolute Gasteiger partial charge is 0.396 e. The number of pyridine rings is 1. The molecule has 2 aliphatic rings. The lowest BCUT2D eigenvalue weighted by Crippen LogP contribution is -2.62. The monoisotopic (exact) mass is 371 g/mol. The summed E-state index contributed by atoms with van der Waals surface area (Å²) in [6.45, 7) is 3.54. The van der Waals surface area contributed by atoms with Crippen LogP contribution in [0.1, 0.15) is 34.5 Å². The maximum Gasteiger partial charge on any atom is 0.253 e. The van der Waals surface area contributed by atoms with Gasteiger partial charge in [0.15, 0.2) is 0 Å². The fourth-order valence-electron chi connectivity index (χ4n) is 4.63. The van der Waals surface area contributed by atoms with Crippen molar-refractivity contribution in [3.63, 3.8) is 0 Å². The summed E-state index contributed by atoms with van der Waals surface area (Å²) >= 11 is 1.79. The number of likely N-dealkylation sites (tertiary alicyclic amines) is 2. The Bertz CT molecular complexity index is 737. The average Bonchev–Trinajstić information content (AvgIpc) is 3.21. The highest BCUT2D eigenvalue weighted by atomic mass is 32.1. The Morgan fingerprint density at radius 1 is 1.31 bits per heavy atom. The molecule has 2 aromatic rings. The van der Waals surface area contributed by atoms with E-state index in [1.807, 2.05) is 4.90 Å². The fourth-order valence-corrected chi connectivity index (χ4v) is 5.36. The van der Waals surface area contributed by atoms with E-state index < -0.39 is 0 Å². The molecule has 0 bridgehead atoms. The Morgan fingerprint density at radius 3 is 2.88 bits per heavy atom. The summed E-state index contributed by atoms with van der Waals surface area (Å²) < 4.78 is 0. The number of aliphatic hydroxyl groups is 1. The maximum absolute atomic E-state index is 12.9. The molecule has 138 valence electrons. The molecule has 1 amide bonds. The van der Waals surface area contributed by atoms with Crippen molar-refractivity contribution in [3.8, 4) is 0 Å². The van der Waals surface area contributed by atoms with Crippen molar-refractivity contribution < 1.29 is 9.90 Å². The maximum atomic E-state index is 12.9. The van der Waals surface area contributed by atoms with Gasteiger partial charge in [0.1, 0.15) is 0 Å². The molecule has 0 radical (unpaired) electrons. The summed E-state index contributed by atoms with van der Waals surface area (Å²) in [5.41, 5.74) is 0.467. The third-order valence-corrected chi connectivity index (χ3v) is 6.78. The zero-order valence-electron chi connectivity index (χ0n) is 14.9. The Hall–Kier alpha value is -1.76. The molecule has 0 spiro atoms. The van der Waals surface area contributed by atoms with E-state index in [1.54, 1.807) is 35.9 Å². The van der Waals surface area contributed by atoms with Crippen molar-refractivity contribution in [2.45, 2.75) is 31.8 Å². The summed E-state index contributed by atoms with van der Waals surface area (Å²) in [6, 6.07) is 8.15. The summed E-state index contributed by atoms with van der Waals surface area (Å²) in [7, 11) is 0. The Labute approximate surface area is 158 Å². The summed E-state index contributed by atoms with van der Waals surface area (Å²) in [5.74, 6) is 0.0501. The molecule has 0 aromatic carbocycles. The van der Waals surface area contributed by atoms with Crippen LogP contribution in [0.5, 0.6) is 0 Å². The van der Waals surface area contributed by atoms with Crippen LogP contribution in [0.2, 0.25) is 0 Å². The second-order valence-electron chi connectivity index (χ2n) is 7.44. The van der Waals surface area contributed by atoms with Crippen molar-refractivity contribution in [2.75, 3.05) is 26.2 Å². The molecule has 4 rings (SSSR count). The van der Waals surface area contributed by atoms with Crippen LogP contribution in [-0.4, -0.2) is 58.1 Å². The van der Waals surface area contributed by atoms with E-state index in [4.69, 9.17) is 0 Å². The number of thiophene rings is 1. The molecule has 2 aromatic heterocycles. The van der Waals surface area contributed by atoms with Gasteiger partial charge in [0.05, 0.1) is 6.61 Å². The standard InChI is InChI=1S/C20H25N3O2S/c24-15-20-7-2-10-22(13-17-3-1-12-26-17)18(20)6-11-23(14-20)19(25)16-4-8-21-9-5-16/h1,3-5,8-9,12,18,24H,2,6-7,10-11,13-15H2/t18-,20-/m1/s1. The Kier molecular flexibility index (Phi) is 5.07. The lowest BCUT2D eigenvalue weighted by atomic mass is 9.69. The van der Waals surface area contributed by atoms with Gasteiger partial charge in [-0.25, -0.2) is 0 Å². The van der Waals surface area contributed by atoms with E-state index in [9.17, 15) is 9.90 Å². The zero-order chi connectivity index (χ0) is 18.0. The van der Waals surface area contributed by atoms with Gasteiger partial charge in [0.2, 0.25) is 0 Å². The molecule has 2 aliphatic heterocycles. The first-order valence-corrected chi connectivity index (χ1v) is 10.2. The first kappa shape index (κ1) is 17.6. The number of hydrogen-bond donors (Lipinski definition) is 1. The molecule has 2 saturated heterocycles. The molecule has 1 N–H and O–H groups in total. The van der Waals surface area contributed by atoms with E-state index in [0.29, 0.717) is 18.2 Å². The van der Waals surface area contributed by atoms with E-state index in [-0.39, 0.29) is 17.9 Å². The molecule has 2 atom stereocenters. The quantitative estimate of drug-likeness (QED) is 0.898. The Balaban J connectivity index is 1.52. The summed E-state index contributed by atoms with van der Waals surface area (Å²) in [5, 5.41) is 12.4. The smallest absolute Gasteiger partial charge is 0.253 e. The highest BCUT2D eigenvalue weighted by Crippen LogP contribution is 2.42. The minimum atomic E-state index is -0.212. The molecule has 6 heteroatoms. The van der Waals surface area contributed by atoms with Crippen molar-refractivity contribution >= 4 is 17.2 Å². The number of rotatable bonds is 4. The number of carbonyl (C=O) groups excluding carboxylic acids is 1. The van der Waals surface area contributed by atoms with Gasteiger partial charge in [-0.1, -0.05) is 6.07 Å². The highest BCUT2D eigenvalue weighted by molar-refractivity contribution is 7.09. The van der Waals surface area contributed by atoms with Crippen molar-refractivity contribution in [1.82, 2.24) is 14.8 Å². The van der Waals surface area contributed by atoms with E-state index in [2.05, 4.69) is 27.4 Å². The van der Waals surface area contributed by atoms with Crippen LogP contribution >= 0.6 is 11.3 Å². The van der Waals surface area contributed by atoms with Crippen LogP contribution in [0.25, 0.3) is 0 Å². The second kappa shape index (κ2) is 7.47. The van der Waals surface area contributed by atoms with Gasteiger partial charge in [-0.3, -0.25) is 14.7 Å². The molecule has 2 fully saturated rings. The first-order valence-electron chi connectivity index (χ1n) is 9.28. The van der Waals surface area contributed by atoms with Gasteiger partial charge in [-0.2, -0.15) is 0 Å². The molecular weight excluding hydrogens is 346 g/mol. The predicted molar refractivity (Wildman–Crippen MR) is 102 cm³/mol. The van der Waals surface area contributed by atoms with Crippen LogP contribution in [0.3, 0.4) is 0 Å². The molecular formula is C20H25N3O2S. The predicted octanol–water partition coefficient (Wildman–Crippen LogP) is 2.63. The lowest BCUT2D eigenvalue weighted by Gasteiger charge is -2.54. The second-order valence-corrected chi connectivity index (χ2v) is 8.47. The molecule has 0 aliphatic carbocycles. The van der Waals surface area contributed by atoms with E-state index >= 15 is 0 Å². The van der Waals surface area contributed by atoms with Crippen molar-refractivity contribution in [3.05, 3.63) is 52.5 Å². The minimum absolute atomic E-state index is 0.0501. The third kappa shape index (κ3) is 3.29. The third-order valence-electron chi connectivity index (χ3n) is 5.91. The van der Waals surface area contributed by atoms with Crippen LogP contribution in [0, 0.1) is 5.41 Å². The molecule has 4 heterocycles. The summed E-state index contributed by atoms with van der Waals surface area (Å²) in [4.78, 5) is 22.7. The van der Waals surface area contributed by atoms with Gasteiger partial charge in [0.25, 0.3) is 5.91 Å². The van der Waals surface area contributed by atoms with Crippen molar-refractivity contribution in [2.24, 2.45) is 5.41 Å². The van der Waals surface area contributed by atoms with E-state index in [0.717, 1.165) is 38.9 Å². The van der Waals surface area contributed by atoms with Gasteiger partial charge in [-0.05, 0) is 49.4 Å². The van der Waals surface area contributed by atoms with Gasteiger partial charge in [-0.15, -0.1) is 11.3 Å². The highest BCUT2D eigenvalue weighted by Gasteiger charge is 2.48. The topological polar surface area (TPSA) is 56.7 Å². The average molecular weight is 372 g/mol. The SMILES string of the molecule is O=C(c1ccncc1)N1CC[C@H]2N(Cc3cccs3)CCC[C@]2(CO)C1. The molecule has 5 nitrogen and oxygen atoms in total. The number of aromatic nitrogens is 1. The number of hydrogen-bond acceptors (Lipinski definition) is 5. The van der Waals surface area contributed by atoms with Crippen molar-refractivity contribution in [1.29, 1.82) is 0 Å². The Morgan fingerprint density at radius 2 is 2.15 bits per heavy atom. The molecule has 26 heavy (non-hydrogen) atoms. The number of piperidine rings is 2. The van der Waals surface area contributed by atoms with Crippen LogP contribution in [-0.2, 0) is 6.54 Å². The van der Waals surface area contributed by atoms with Crippen LogP contribution < -0.4 is 0 Å². The fraction of sp³-hybridized carbons (Fsp3) is 0.500. The van der Waals surface area contributed by atoms with Gasteiger partial charge in [0, 0.05) is 53.9 Å². The number of carbonyl (C=O) groups is 1. The number of amides is 1. The minimum Gasteiger partial charge on any atom is -0.396 e. The normalized spacial score (nSPS) is 26.5. The van der Waals surface area contributed by atoms with Gasteiger partial charge >= 0.3 is 0 Å². The van der Waals surface area contributed by atoms with Crippen LogP contribution in [0.15, 0.2) is 42.0 Å². The van der Waals surface area contributed by atoms with Crippen LogP contribution in [0.4, 0.5) is 0 Å². The zero-order valence-corrected chi connectivity index (χ0v) is 15.7. The number of aliphatic hydroxyl groups excluding tert-OH is 1. The first-order chi connectivity index (χ1) is 12.7. The van der Waals surface area contributed by atoms with E-state index in [1.165, 1.54) is 4.88 Å².